The van der Waals surface area contributed by atoms with Crippen molar-refractivity contribution >= 4 is 5.69 Å². The Balaban J connectivity index is 2.41. The first-order chi connectivity index (χ1) is 13.0. The standard InChI is InChI=1S/C22H21NO4/c1-14-8-9-15(2)18(12-14)22-17(6-5-7-20(22)23(24)25)19-13-16(26-3)10-11-21(19)27-4/h5-13H,1-4H3. The Kier molecular flexibility index (Phi) is 5.12. The van der Waals surface area contributed by atoms with Crippen molar-refractivity contribution in [1.82, 2.24) is 0 Å². The fourth-order valence-electron chi connectivity index (χ4n) is 3.23. The Hall–Kier alpha value is -3.34. The lowest BCUT2D eigenvalue weighted by Gasteiger charge is -2.16. The average molecular weight is 363 g/mol. The van der Waals surface area contributed by atoms with Gasteiger partial charge in [-0.05, 0) is 43.2 Å². The maximum Gasteiger partial charge on any atom is 0.277 e. The molecule has 0 aliphatic carbocycles. The van der Waals surface area contributed by atoms with Gasteiger partial charge in [0, 0.05) is 17.2 Å². The molecule has 0 aliphatic heterocycles. The van der Waals surface area contributed by atoms with E-state index in [1.807, 2.05) is 44.2 Å². The Bertz CT molecular complexity index is 1010. The summed E-state index contributed by atoms with van der Waals surface area (Å²) < 4.78 is 10.9. The van der Waals surface area contributed by atoms with E-state index in [9.17, 15) is 10.1 Å². The van der Waals surface area contributed by atoms with Crippen molar-refractivity contribution in [1.29, 1.82) is 0 Å². The Labute approximate surface area is 158 Å². The van der Waals surface area contributed by atoms with E-state index in [2.05, 4.69) is 0 Å². The summed E-state index contributed by atoms with van der Waals surface area (Å²) in [4.78, 5) is 11.5. The van der Waals surface area contributed by atoms with E-state index in [-0.39, 0.29) is 10.6 Å². The van der Waals surface area contributed by atoms with Gasteiger partial charge in [0.1, 0.15) is 11.5 Å². The molecule has 0 heterocycles. The predicted octanol–water partition coefficient (Wildman–Crippen LogP) is 5.56. The first-order valence-corrected chi connectivity index (χ1v) is 8.53. The first kappa shape index (κ1) is 18.5. The minimum absolute atomic E-state index is 0.0612. The zero-order valence-corrected chi connectivity index (χ0v) is 15.8. The van der Waals surface area contributed by atoms with Gasteiger partial charge in [0.25, 0.3) is 5.69 Å². The quantitative estimate of drug-likeness (QED) is 0.440. The van der Waals surface area contributed by atoms with Gasteiger partial charge in [0.15, 0.2) is 0 Å². The van der Waals surface area contributed by atoms with Gasteiger partial charge in [-0.25, -0.2) is 0 Å². The molecule has 0 atom stereocenters. The van der Waals surface area contributed by atoms with Gasteiger partial charge in [0.05, 0.1) is 24.7 Å². The summed E-state index contributed by atoms with van der Waals surface area (Å²) in [6.45, 7) is 3.93. The van der Waals surface area contributed by atoms with Gasteiger partial charge in [-0.2, -0.15) is 0 Å². The number of rotatable bonds is 5. The van der Waals surface area contributed by atoms with E-state index in [0.717, 1.165) is 27.8 Å². The highest BCUT2D eigenvalue weighted by molar-refractivity contribution is 5.92. The molecule has 0 bridgehead atoms. The minimum atomic E-state index is -0.340. The molecule has 0 saturated heterocycles. The van der Waals surface area contributed by atoms with Gasteiger partial charge in [0.2, 0.25) is 0 Å². The molecule has 5 nitrogen and oxygen atoms in total. The van der Waals surface area contributed by atoms with Crippen molar-refractivity contribution in [3.63, 3.8) is 0 Å². The number of benzene rings is 3. The third-order valence-electron chi connectivity index (χ3n) is 4.60. The van der Waals surface area contributed by atoms with Crippen LogP contribution < -0.4 is 9.47 Å². The van der Waals surface area contributed by atoms with E-state index in [1.54, 1.807) is 32.4 Å². The number of hydrogen-bond acceptors (Lipinski definition) is 4. The van der Waals surface area contributed by atoms with Crippen molar-refractivity contribution in [3.8, 4) is 33.8 Å². The lowest BCUT2D eigenvalue weighted by molar-refractivity contribution is -0.384. The van der Waals surface area contributed by atoms with Crippen LogP contribution >= 0.6 is 0 Å². The zero-order valence-electron chi connectivity index (χ0n) is 15.8. The molecule has 0 saturated carbocycles. The molecule has 0 aliphatic rings. The highest BCUT2D eigenvalue weighted by Crippen LogP contribution is 2.44. The zero-order chi connectivity index (χ0) is 19.6. The van der Waals surface area contributed by atoms with Crippen LogP contribution in [-0.4, -0.2) is 19.1 Å². The van der Waals surface area contributed by atoms with Crippen molar-refractivity contribution in [2.75, 3.05) is 14.2 Å². The lowest BCUT2D eigenvalue weighted by Crippen LogP contribution is -1.98. The third kappa shape index (κ3) is 3.49. The molecular weight excluding hydrogens is 342 g/mol. The molecule has 0 unspecified atom stereocenters. The SMILES string of the molecule is COc1ccc(OC)c(-c2cccc([N+](=O)[O-])c2-c2cc(C)ccc2C)c1. The first-order valence-electron chi connectivity index (χ1n) is 8.53. The monoisotopic (exact) mass is 363 g/mol. The van der Waals surface area contributed by atoms with Crippen molar-refractivity contribution in [2.24, 2.45) is 0 Å². The van der Waals surface area contributed by atoms with E-state index in [4.69, 9.17) is 9.47 Å². The fourth-order valence-corrected chi connectivity index (χ4v) is 3.23. The Morgan fingerprint density at radius 1 is 0.852 bits per heavy atom. The Morgan fingerprint density at radius 3 is 2.30 bits per heavy atom. The van der Waals surface area contributed by atoms with Gasteiger partial charge in [-0.15, -0.1) is 0 Å². The summed E-state index contributed by atoms with van der Waals surface area (Å²) >= 11 is 0. The highest BCUT2D eigenvalue weighted by atomic mass is 16.6. The van der Waals surface area contributed by atoms with Crippen LogP contribution in [0.1, 0.15) is 11.1 Å². The molecular formula is C22H21NO4. The topological polar surface area (TPSA) is 61.6 Å². The number of nitro benzene ring substituents is 1. The second-order valence-corrected chi connectivity index (χ2v) is 6.34. The van der Waals surface area contributed by atoms with Crippen molar-refractivity contribution in [3.05, 3.63) is 75.8 Å². The molecule has 0 fully saturated rings. The van der Waals surface area contributed by atoms with Crippen molar-refractivity contribution < 1.29 is 14.4 Å². The minimum Gasteiger partial charge on any atom is -0.497 e. The molecule has 3 rings (SSSR count). The van der Waals surface area contributed by atoms with Crippen LogP contribution in [0, 0.1) is 24.0 Å². The van der Waals surface area contributed by atoms with Crippen LogP contribution in [-0.2, 0) is 0 Å². The number of nitro groups is 1. The maximum absolute atomic E-state index is 11.8. The molecule has 27 heavy (non-hydrogen) atoms. The highest BCUT2D eigenvalue weighted by Gasteiger charge is 2.23. The molecule has 0 aromatic heterocycles. The second kappa shape index (κ2) is 7.50. The molecule has 138 valence electrons. The smallest absolute Gasteiger partial charge is 0.277 e. The Morgan fingerprint density at radius 2 is 1.63 bits per heavy atom. The van der Waals surface area contributed by atoms with Crippen molar-refractivity contribution in [2.45, 2.75) is 13.8 Å². The van der Waals surface area contributed by atoms with E-state index >= 15 is 0 Å². The second-order valence-electron chi connectivity index (χ2n) is 6.34. The summed E-state index contributed by atoms with van der Waals surface area (Å²) in [6, 6.07) is 16.5. The third-order valence-corrected chi connectivity index (χ3v) is 4.60. The van der Waals surface area contributed by atoms with Crippen LogP contribution in [0.2, 0.25) is 0 Å². The number of nitrogens with zero attached hydrogens (tertiary/aromatic N) is 1. The van der Waals surface area contributed by atoms with Crippen LogP contribution in [0.3, 0.4) is 0 Å². The maximum atomic E-state index is 11.8. The normalized spacial score (nSPS) is 10.5. The van der Waals surface area contributed by atoms with Crippen LogP contribution in [0.4, 0.5) is 5.69 Å². The van der Waals surface area contributed by atoms with Gasteiger partial charge in [-0.1, -0.05) is 35.9 Å². The fraction of sp³-hybridized carbons (Fsp3) is 0.182. The molecule has 0 spiro atoms. The number of aryl methyl sites for hydroxylation is 2. The summed E-state index contributed by atoms with van der Waals surface area (Å²) in [5.41, 5.74) is 4.96. The summed E-state index contributed by atoms with van der Waals surface area (Å²) in [5.74, 6) is 1.28. The van der Waals surface area contributed by atoms with Gasteiger partial charge in [-0.3, -0.25) is 10.1 Å². The van der Waals surface area contributed by atoms with E-state index < -0.39 is 0 Å². The van der Waals surface area contributed by atoms with E-state index in [0.29, 0.717) is 17.1 Å². The largest absolute Gasteiger partial charge is 0.497 e. The van der Waals surface area contributed by atoms with Crippen LogP contribution in [0.5, 0.6) is 11.5 Å². The van der Waals surface area contributed by atoms with Gasteiger partial charge >= 0.3 is 0 Å². The summed E-state index contributed by atoms with van der Waals surface area (Å²) in [7, 11) is 3.17. The van der Waals surface area contributed by atoms with E-state index in [1.165, 1.54) is 6.07 Å². The predicted molar refractivity (Wildman–Crippen MR) is 107 cm³/mol. The molecule has 5 heteroatoms. The van der Waals surface area contributed by atoms with Gasteiger partial charge < -0.3 is 9.47 Å². The summed E-state index contributed by atoms with van der Waals surface area (Å²) in [6.07, 6.45) is 0. The molecule has 0 radical (unpaired) electrons. The summed E-state index contributed by atoms with van der Waals surface area (Å²) in [5, 5.41) is 11.8. The lowest BCUT2D eigenvalue weighted by atomic mass is 9.89. The van der Waals surface area contributed by atoms with Crippen LogP contribution in [0.25, 0.3) is 22.3 Å². The number of ether oxygens (including phenoxy) is 2. The molecule has 3 aromatic carbocycles. The molecule has 0 N–H and O–H groups in total. The van der Waals surface area contributed by atoms with Crippen LogP contribution in [0.15, 0.2) is 54.6 Å². The number of hydrogen-bond donors (Lipinski definition) is 0. The molecule has 0 amide bonds. The molecule has 3 aromatic rings. The number of methoxy groups -OCH3 is 2. The average Bonchev–Trinajstić information content (AvgIpc) is 2.68.